The number of carbonyl (C=O) groups is 1. The molecule has 1 aliphatic carbocycles. The van der Waals surface area contributed by atoms with Crippen molar-refractivity contribution in [1.82, 2.24) is 20.2 Å². The van der Waals surface area contributed by atoms with Crippen molar-refractivity contribution in [2.75, 3.05) is 31.2 Å². The fourth-order valence-electron chi connectivity index (χ4n) is 5.05. The van der Waals surface area contributed by atoms with Gasteiger partial charge in [0.25, 0.3) is 0 Å². The van der Waals surface area contributed by atoms with Gasteiger partial charge < -0.3 is 26.0 Å². The van der Waals surface area contributed by atoms with E-state index >= 15 is 0 Å². The normalized spacial score (nSPS) is 19.6. The lowest BCUT2D eigenvalue weighted by molar-refractivity contribution is -0.110. The summed E-state index contributed by atoms with van der Waals surface area (Å²) in [7, 11) is 2.20. The van der Waals surface area contributed by atoms with Crippen molar-refractivity contribution < 1.29 is 9.53 Å². The van der Waals surface area contributed by atoms with Crippen LogP contribution in [-0.4, -0.2) is 59.2 Å². The van der Waals surface area contributed by atoms with Crippen LogP contribution in [0.2, 0.25) is 0 Å². The number of nitrogens with zero attached hydrogens (tertiary/aromatic N) is 3. The number of likely N-dealkylation sites (tertiary alicyclic amines) is 1. The standard InChI is InChI=1S/C24H26N6O2.C7H15N/c25-22(16-6-12-20(13-7-16)32-19-4-2-1-3-5-19)21-23(26)27-14-28-24(21)30-18-10-8-17(9-11-18)29-15-31;1-7-3-5-8(2)6-4-7/h1-7,12-15,17-18,25H,8-11H2,(H,29,31)(H3,26,27,28,30);7H,3-6H2,1-2H3. The lowest BCUT2D eigenvalue weighted by Crippen LogP contribution is -2.36. The van der Waals surface area contributed by atoms with Crippen LogP contribution in [0.3, 0.4) is 0 Å². The van der Waals surface area contributed by atoms with Crippen LogP contribution in [0.5, 0.6) is 11.5 Å². The smallest absolute Gasteiger partial charge is 0.207 e. The van der Waals surface area contributed by atoms with Gasteiger partial charge in [0.2, 0.25) is 6.41 Å². The first kappa shape index (κ1) is 29.0. The molecular weight excluding hydrogens is 502 g/mol. The molecule has 2 aliphatic rings. The number of piperidine rings is 1. The van der Waals surface area contributed by atoms with Crippen LogP contribution in [0.4, 0.5) is 11.6 Å². The number of ether oxygens (including phenoxy) is 1. The van der Waals surface area contributed by atoms with Gasteiger partial charge in [-0.25, -0.2) is 9.97 Å². The van der Waals surface area contributed by atoms with Crippen molar-refractivity contribution >= 4 is 23.8 Å². The van der Waals surface area contributed by atoms with Crippen molar-refractivity contribution in [3.05, 3.63) is 72.1 Å². The predicted octanol–water partition coefficient (Wildman–Crippen LogP) is 5.08. The Morgan fingerprint density at radius 1 is 0.950 bits per heavy atom. The van der Waals surface area contributed by atoms with E-state index in [-0.39, 0.29) is 23.6 Å². The first-order chi connectivity index (χ1) is 19.4. The summed E-state index contributed by atoms with van der Waals surface area (Å²) in [5.41, 5.74) is 7.57. The molecule has 9 nitrogen and oxygen atoms in total. The maximum Gasteiger partial charge on any atom is 0.207 e. The molecule has 212 valence electrons. The first-order valence-electron chi connectivity index (χ1n) is 14.1. The third-order valence-electron chi connectivity index (χ3n) is 7.63. The number of para-hydroxylation sites is 1. The molecule has 1 aliphatic heterocycles. The van der Waals surface area contributed by atoms with E-state index in [0.717, 1.165) is 43.8 Å². The Bertz CT molecular complexity index is 1210. The molecule has 1 aromatic heterocycles. The van der Waals surface area contributed by atoms with Crippen molar-refractivity contribution in [2.45, 2.75) is 57.5 Å². The monoisotopic (exact) mass is 543 g/mol. The number of nitrogens with one attached hydrogen (secondary N) is 3. The van der Waals surface area contributed by atoms with E-state index in [0.29, 0.717) is 22.7 Å². The molecule has 2 fully saturated rings. The minimum atomic E-state index is 0.196. The lowest BCUT2D eigenvalue weighted by Gasteiger charge is -2.29. The number of nitrogens with two attached hydrogens (primary N) is 1. The second kappa shape index (κ2) is 14.4. The van der Waals surface area contributed by atoms with Crippen LogP contribution in [0, 0.1) is 11.3 Å². The highest BCUT2D eigenvalue weighted by molar-refractivity contribution is 6.16. The number of aromatic nitrogens is 2. The largest absolute Gasteiger partial charge is 0.457 e. The van der Waals surface area contributed by atoms with Crippen LogP contribution < -0.4 is 21.1 Å². The van der Waals surface area contributed by atoms with E-state index in [1.807, 2.05) is 54.6 Å². The molecule has 40 heavy (non-hydrogen) atoms. The van der Waals surface area contributed by atoms with Gasteiger partial charge in [0.05, 0.1) is 11.3 Å². The summed E-state index contributed by atoms with van der Waals surface area (Å²) in [5, 5.41) is 15.0. The second-order valence-electron chi connectivity index (χ2n) is 10.8. The van der Waals surface area contributed by atoms with Gasteiger partial charge in [-0.05, 0) is 101 Å². The van der Waals surface area contributed by atoms with E-state index in [1.54, 1.807) is 0 Å². The number of rotatable bonds is 8. The van der Waals surface area contributed by atoms with Crippen molar-refractivity contribution in [1.29, 1.82) is 5.41 Å². The van der Waals surface area contributed by atoms with Crippen molar-refractivity contribution in [2.24, 2.45) is 5.92 Å². The van der Waals surface area contributed by atoms with E-state index in [2.05, 4.69) is 39.5 Å². The van der Waals surface area contributed by atoms with Crippen LogP contribution in [0.25, 0.3) is 0 Å². The molecule has 5 N–H and O–H groups in total. The maximum atomic E-state index is 10.7. The van der Waals surface area contributed by atoms with Gasteiger partial charge in [-0.2, -0.15) is 0 Å². The van der Waals surface area contributed by atoms with E-state index in [1.165, 1.54) is 32.3 Å². The molecule has 2 heterocycles. The van der Waals surface area contributed by atoms with Crippen LogP contribution in [0.1, 0.15) is 56.6 Å². The summed E-state index contributed by atoms with van der Waals surface area (Å²) in [5.74, 6) is 3.23. The van der Waals surface area contributed by atoms with Gasteiger partial charge >= 0.3 is 0 Å². The molecule has 1 amide bonds. The van der Waals surface area contributed by atoms with Gasteiger partial charge in [-0.15, -0.1) is 0 Å². The lowest BCUT2D eigenvalue weighted by atomic mass is 9.91. The quantitative estimate of drug-likeness (QED) is 0.230. The molecule has 0 bridgehead atoms. The summed E-state index contributed by atoms with van der Waals surface area (Å²) in [4.78, 5) is 21.5. The number of amides is 1. The van der Waals surface area contributed by atoms with Gasteiger partial charge in [-0.1, -0.05) is 25.1 Å². The minimum absolute atomic E-state index is 0.196. The molecule has 0 unspecified atom stereocenters. The van der Waals surface area contributed by atoms with Crippen molar-refractivity contribution in [3.63, 3.8) is 0 Å². The topological polar surface area (TPSA) is 129 Å². The Morgan fingerprint density at radius 2 is 1.57 bits per heavy atom. The van der Waals surface area contributed by atoms with Gasteiger partial charge in [0, 0.05) is 17.6 Å². The maximum absolute atomic E-state index is 10.7. The Kier molecular flexibility index (Phi) is 10.5. The summed E-state index contributed by atoms with van der Waals surface area (Å²) in [6.07, 6.45) is 8.55. The van der Waals surface area contributed by atoms with E-state index < -0.39 is 0 Å². The Hall–Kier alpha value is -3.98. The molecule has 3 aromatic rings. The second-order valence-corrected chi connectivity index (χ2v) is 10.8. The first-order valence-corrected chi connectivity index (χ1v) is 14.1. The van der Waals surface area contributed by atoms with E-state index in [9.17, 15) is 4.79 Å². The average molecular weight is 544 g/mol. The zero-order valence-electron chi connectivity index (χ0n) is 23.5. The fraction of sp³-hybridized carbons (Fsp3) is 0.419. The minimum Gasteiger partial charge on any atom is -0.457 e. The summed E-state index contributed by atoms with van der Waals surface area (Å²) in [6.45, 7) is 4.95. The molecular formula is C31H41N7O2. The number of hydrogen-bond donors (Lipinski definition) is 4. The van der Waals surface area contributed by atoms with Crippen LogP contribution in [-0.2, 0) is 4.79 Å². The number of hydrogen-bond acceptors (Lipinski definition) is 8. The zero-order chi connectivity index (χ0) is 28.3. The number of nitrogen functional groups attached to an aromatic ring is 1. The van der Waals surface area contributed by atoms with Crippen LogP contribution >= 0.6 is 0 Å². The Labute approximate surface area is 237 Å². The highest BCUT2D eigenvalue weighted by Gasteiger charge is 2.23. The molecule has 2 aromatic carbocycles. The number of benzene rings is 2. The summed E-state index contributed by atoms with van der Waals surface area (Å²) < 4.78 is 5.83. The number of anilines is 2. The van der Waals surface area contributed by atoms with E-state index in [4.69, 9.17) is 15.9 Å². The molecule has 5 rings (SSSR count). The van der Waals surface area contributed by atoms with Gasteiger partial charge in [0.1, 0.15) is 29.5 Å². The highest BCUT2D eigenvalue weighted by atomic mass is 16.5. The predicted molar refractivity (Wildman–Crippen MR) is 160 cm³/mol. The molecule has 0 spiro atoms. The third-order valence-corrected chi connectivity index (χ3v) is 7.63. The van der Waals surface area contributed by atoms with Gasteiger partial charge in [-0.3, -0.25) is 10.2 Å². The SMILES string of the molecule is CC1CCN(C)CC1.N=C(c1ccc(Oc2ccccc2)cc1)c1c(N)ncnc1NC1CCC(NC=O)CC1. The van der Waals surface area contributed by atoms with Crippen LogP contribution in [0.15, 0.2) is 60.9 Å². The molecule has 0 atom stereocenters. The Balaban J connectivity index is 0.000000398. The van der Waals surface area contributed by atoms with Crippen molar-refractivity contribution in [3.8, 4) is 11.5 Å². The molecule has 0 radical (unpaired) electrons. The van der Waals surface area contributed by atoms with Gasteiger partial charge in [0.15, 0.2) is 0 Å². The molecule has 1 saturated heterocycles. The highest BCUT2D eigenvalue weighted by Crippen LogP contribution is 2.28. The summed E-state index contributed by atoms with van der Waals surface area (Å²) >= 11 is 0. The third kappa shape index (κ3) is 8.26. The average Bonchev–Trinajstić information content (AvgIpc) is 2.97. The summed E-state index contributed by atoms with van der Waals surface area (Å²) in [6, 6.07) is 17.3. The molecule has 1 saturated carbocycles. The fourth-order valence-corrected chi connectivity index (χ4v) is 5.05. The zero-order valence-corrected chi connectivity index (χ0v) is 23.5. The molecule has 9 heteroatoms. The number of carbonyl (C=O) groups excluding carboxylic acids is 1. The Morgan fingerprint density at radius 3 is 2.20 bits per heavy atom.